The van der Waals surface area contributed by atoms with Gasteiger partial charge in [0.05, 0.1) is 0 Å². The monoisotopic (exact) mass is 186 g/mol. The molecule has 0 bridgehead atoms. The van der Waals surface area contributed by atoms with Crippen LogP contribution in [0.2, 0.25) is 0 Å². The second kappa shape index (κ2) is 4.65. The van der Waals surface area contributed by atoms with E-state index in [2.05, 4.69) is 24.1 Å². The fraction of sp³-hybridized carbons (Fsp3) is 0.889. The Morgan fingerprint density at radius 1 is 1.50 bits per heavy atom. The molecule has 0 aliphatic heterocycles. The van der Waals surface area contributed by atoms with E-state index in [1.165, 1.54) is 12.8 Å². The normalized spacial score (nSPS) is 15.8. The Hall–Kier alpha value is -0.310. The molecule has 1 aliphatic carbocycles. The molecule has 0 aromatic carbocycles. The van der Waals surface area contributed by atoms with Crippen LogP contribution in [0.4, 0.5) is 0 Å². The zero-order chi connectivity index (χ0) is 8.97. The van der Waals surface area contributed by atoms with Crippen molar-refractivity contribution < 1.29 is 0 Å². The number of nitrogens with zero attached hydrogens (tertiary/aromatic N) is 1. The lowest BCUT2D eigenvalue weighted by Crippen LogP contribution is -2.40. The number of nitrogens with one attached hydrogen (secondary N) is 1. The average molecular weight is 186 g/mol. The van der Waals surface area contributed by atoms with Crippen LogP contribution >= 0.6 is 12.2 Å². The summed E-state index contributed by atoms with van der Waals surface area (Å²) >= 11 is 5.23. The molecule has 1 saturated carbocycles. The average Bonchev–Trinajstić information content (AvgIpc) is 2.84. The van der Waals surface area contributed by atoms with Gasteiger partial charge in [-0.1, -0.05) is 0 Å². The fourth-order valence-electron chi connectivity index (χ4n) is 1.23. The van der Waals surface area contributed by atoms with Gasteiger partial charge in [-0.05, 0) is 44.8 Å². The first-order valence-corrected chi connectivity index (χ1v) is 5.21. The first kappa shape index (κ1) is 9.78. The second-order valence-electron chi connectivity index (χ2n) is 3.32. The molecule has 12 heavy (non-hydrogen) atoms. The molecular weight excluding hydrogens is 168 g/mol. The Kier molecular flexibility index (Phi) is 3.79. The van der Waals surface area contributed by atoms with Crippen molar-refractivity contribution in [3.05, 3.63) is 0 Å². The summed E-state index contributed by atoms with van der Waals surface area (Å²) in [6.45, 7) is 7.36. The van der Waals surface area contributed by atoms with E-state index < -0.39 is 0 Å². The lowest BCUT2D eigenvalue weighted by atomic mass is 10.4. The van der Waals surface area contributed by atoms with E-state index >= 15 is 0 Å². The van der Waals surface area contributed by atoms with Gasteiger partial charge in [0.15, 0.2) is 5.11 Å². The predicted molar refractivity (Wildman–Crippen MR) is 56.2 cm³/mol. The summed E-state index contributed by atoms with van der Waals surface area (Å²) in [7, 11) is 0. The van der Waals surface area contributed by atoms with Crippen LogP contribution in [0, 0.1) is 5.92 Å². The third kappa shape index (κ3) is 2.97. The van der Waals surface area contributed by atoms with Crippen LogP contribution in [0.25, 0.3) is 0 Å². The second-order valence-corrected chi connectivity index (χ2v) is 3.70. The van der Waals surface area contributed by atoms with Crippen LogP contribution < -0.4 is 5.32 Å². The van der Waals surface area contributed by atoms with E-state index in [-0.39, 0.29) is 0 Å². The van der Waals surface area contributed by atoms with Gasteiger partial charge in [-0.2, -0.15) is 0 Å². The maximum Gasteiger partial charge on any atom is 0.168 e. The van der Waals surface area contributed by atoms with Crippen LogP contribution in [0.3, 0.4) is 0 Å². The molecule has 0 aromatic heterocycles. The Morgan fingerprint density at radius 2 is 2.17 bits per heavy atom. The molecule has 0 atom stereocenters. The number of thiocarbonyl (C=S) groups is 1. The maximum absolute atomic E-state index is 5.23. The molecule has 1 aliphatic rings. The van der Waals surface area contributed by atoms with Crippen molar-refractivity contribution in [2.24, 2.45) is 5.92 Å². The van der Waals surface area contributed by atoms with Gasteiger partial charge in [0.2, 0.25) is 0 Å². The topological polar surface area (TPSA) is 15.3 Å². The molecule has 1 rings (SSSR count). The molecule has 1 fully saturated rings. The summed E-state index contributed by atoms with van der Waals surface area (Å²) in [5, 5.41) is 4.11. The van der Waals surface area contributed by atoms with Crippen molar-refractivity contribution in [1.29, 1.82) is 0 Å². The standard InChI is InChI=1S/C9H18N2S/c1-3-10-9(12)11(4-2)7-8-5-6-8/h8H,3-7H2,1-2H3,(H,10,12). The lowest BCUT2D eigenvalue weighted by Gasteiger charge is -2.23. The maximum atomic E-state index is 5.23. The molecule has 0 radical (unpaired) electrons. The van der Waals surface area contributed by atoms with Crippen LogP contribution in [0.15, 0.2) is 0 Å². The van der Waals surface area contributed by atoms with E-state index in [1.54, 1.807) is 0 Å². The third-order valence-electron chi connectivity index (χ3n) is 2.17. The van der Waals surface area contributed by atoms with Gasteiger partial charge in [-0.25, -0.2) is 0 Å². The zero-order valence-electron chi connectivity index (χ0n) is 7.97. The van der Waals surface area contributed by atoms with Crippen molar-refractivity contribution >= 4 is 17.3 Å². The first-order chi connectivity index (χ1) is 5.77. The number of hydrogen-bond acceptors (Lipinski definition) is 1. The minimum Gasteiger partial charge on any atom is -0.363 e. The molecule has 1 N–H and O–H groups in total. The van der Waals surface area contributed by atoms with Gasteiger partial charge < -0.3 is 10.2 Å². The van der Waals surface area contributed by atoms with Gasteiger partial charge in [0.25, 0.3) is 0 Å². The van der Waals surface area contributed by atoms with E-state index in [4.69, 9.17) is 12.2 Å². The third-order valence-corrected chi connectivity index (χ3v) is 2.57. The molecule has 0 amide bonds. The van der Waals surface area contributed by atoms with Crippen molar-refractivity contribution in [2.75, 3.05) is 19.6 Å². The Bertz CT molecular complexity index is 155. The molecule has 0 heterocycles. The Morgan fingerprint density at radius 3 is 2.58 bits per heavy atom. The Labute approximate surface area is 80.3 Å². The molecule has 3 heteroatoms. The summed E-state index contributed by atoms with van der Waals surface area (Å²) in [6.07, 6.45) is 2.79. The molecule has 0 aromatic rings. The van der Waals surface area contributed by atoms with E-state index in [0.29, 0.717) is 0 Å². The van der Waals surface area contributed by atoms with Gasteiger partial charge >= 0.3 is 0 Å². The van der Waals surface area contributed by atoms with Crippen LogP contribution in [0.1, 0.15) is 26.7 Å². The van der Waals surface area contributed by atoms with E-state index in [1.807, 2.05) is 0 Å². The smallest absolute Gasteiger partial charge is 0.168 e. The summed E-state index contributed by atoms with van der Waals surface area (Å²) in [5.74, 6) is 0.918. The van der Waals surface area contributed by atoms with Crippen LogP contribution in [0.5, 0.6) is 0 Å². The van der Waals surface area contributed by atoms with Gasteiger partial charge in [-0.3, -0.25) is 0 Å². The summed E-state index contributed by atoms with van der Waals surface area (Å²) < 4.78 is 0. The highest BCUT2D eigenvalue weighted by Gasteiger charge is 2.24. The predicted octanol–water partition coefficient (Wildman–Crippen LogP) is 1.61. The summed E-state index contributed by atoms with van der Waals surface area (Å²) in [5.41, 5.74) is 0. The fourth-order valence-corrected chi connectivity index (χ4v) is 1.58. The first-order valence-electron chi connectivity index (χ1n) is 4.80. The van der Waals surface area contributed by atoms with Crippen molar-refractivity contribution in [1.82, 2.24) is 10.2 Å². The van der Waals surface area contributed by atoms with Crippen molar-refractivity contribution in [3.63, 3.8) is 0 Å². The van der Waals surface area contributed by atoms with Crippen LogP contribution in [-0.2, 0) is 0 Å². The molecular formula is C9H18N2S. The lowest BCUT2D eigenvalue weighted by molar-refractivity contribution is 0.413. The minimum atomic E-state index is 0.918. The molecule has 0 spiro atoms. The van der Waals surface area contributed by atoms with E-state index in [9.17, 15) is 0 Å². The molecule has 70 valence electrons. The quantitative estimate of drug-likeness (QED) is 0.672. The molecule has 0 unspecified atom stereocenters. The van der Waals surface area contributed by atoms with Gasteiger partial charge in [0.1, 0.15) is 0 Å². The van der Waals surface area contributed by atoms with Crippen molar-refractivity contribution in [2.45, 2.75) is 26.7 Å². The summed E-state index contributed by atoms with van der Waals surface area (Å²) in [4.78, 5) is 2.26. The highest BCUT2D eigenvalue weighted by Crippen LogP contribution is 2.29. The number of hydrogen-bond donors (Lipinski definition) is 1. The van der Waals surface area contributed by atoms with Crippen LogP contribution in [-0.4, -0.2) is 29.6 Å². The molecule has 2 nitrogen and oxygen atoms in total. The zero-order valence-corrected chi connectivity index (χ0v) is 8.78. The summed E-state index contributed by atoms with van der Waals surface area (Å²) in [6, 6.07) is 0. The van der Waals surface area contributed by atoms with Gasteiger partial charge in [-0.15, -0.1) is 0 Å². The SMILES string of the molecule is CCNC(=S)N(CC)CC1CC1. The largest absolute Gasteiger partial charge is 0.363 e. The number of rotatable bonds is 4. The highest BCUT2D eigenvalue weighted by molar-refractivity contribution is 7.80. The Balaban J connectivity index is 2.26. The molecule has 0 saturated heterocycles. The van der Waals surface area contributed by atoms with Crippen molar-refractivity contribution in [3.8, 4) is 0 Å². The minimum absolute atomic E-state index is 0.918. The highest BCUT2D eigenvalue weighted by atomic mass is 32.1. The van der Waals surface area contributed by atoms with Gasteiger partial charge in [0, 0.05) is 19.6 Å². The van der Waals surface area contributed by atoms with E-state index in [0.717, 1.165) is 30.7 Å².